The molecule has 1 aliphatic rings. The van der Waals surface area contributed by atoms with Crippen molar-refractivity contribution in [3.8, 4) is 5.75 Å². The highest BCUT2D eigenvalue weighted by molar-refractivity contribution is 7.92. The van der Waals surface area contributed by atoms with Crippen molar-refractivity contribution in [1.82, 2.24) is 9.88 Å². The fourth-order valence-electron chi connectivity index (χ4n) is 3.87. The third-order valence-electron chi connectivity index (χ3n) is 5.69. The van der Waals surface area contributed by atoms with E-state index in [9.17, 15) is 18.0 Å². The summed E-state index contributed by atoms with van der Waals surface area (Å²) in [7, 11) is -2.56. The first-order valence-electron chi connectivity index (χ1n) is 10.5. The summed E-state index contributed by atoms with van der Waals surface area (Å²) in [5.74, 6) is -0.732. The highest BCUT2D eigenvalue weighted by Crippen LogP contribution is 2.37. The Balaban J connectivity index is 1.47. The Morgan fingerprint density at radius 3 is 2.59 bits per heavy atom. The molecule has 174 valence electrons. The molecule has 0 bridgehead atoms. The lowest BCUT2D eigenvalue weighted by molar-refractivity contribution is -0.127. The number of nitrogens with one attached hydrogen (secondary N) is 1. The van der Waals surface area contributed by atoms with Gasteiger partial charge in [0.15, 0.2) is 11.7 Å². The molecule has 1 amide bonds. The second-order valence-electron chi connectivity index (χ2n) is 7.87. The number of hydrogen-bond acceptors (Lipinski definition) is 6. The van der Waals surface area contributed by atoms with Gasteiger partial charge in [-0.2, -0.15) is 0 Å². The topological polar surface area (TPSA) is 111 Å². The second-order valence-corrected chi connectivity index (χ2v) is 9.73. The van der Waals surface area contributed by atoms with Crippen molar-refractivity contribution in [2.24, 2.45) is 7.05 Å². The average Bonchev–Trinajstić information content (AvgIpc) is 3.15. The van der Waals surface area contributed by atoms with Gasteiger partial charge < -0.3 is 14.5 Å². The average molecular weight is 480 g/mol. The van der Waals surface area contributed by atoms with Crippen LogP contribution in [0.2, 0.25) is 0 Å². The minimum atomic E-state index is -4.10. The van der Waals surface area contributed by atoms with Crippen LogP contribution in [0.4, 0.5) is 5.69 Å². The zero-order valence-electron chi connectivity index (χ0n) is 18.2. The van der Waals surface area contributed by atoms with Gasteiger partial charge >= 0.3 is 5.76 Å². The van der Waals surface area contributed by atoms with Gasteiger partial charge in [-0.3, -0.25) is 13.7 Å². The van der Waals surface area contributed by atoms with Crippen LogP contribution in [0, 0.1) is 0 Å². The molecule has 4 aromatic rings. The summed E-state index contributed by atoms with van der Waals surface area (Å²) < 4.78 is 40.7. The molecular weight excluding hydrogens is 458 g/mol. The number of nitrogens with zero attached hydrogens (tertiary/aromatic N) is 2. The van der Waals surface area contributed by atoms with Gasteiger partial charge in [-0.05, 0) is 29.8 Å². The summed E-state index contributed by atoms with van der Waals surface area (Å²) in [5.41, 5.74) is 1.87. The second kappa shape index (κ2) is 8.38. The lowest BCUT2D eigenvalue weighted by Gasteiger charge is -2.34. The quantitative estimate of drug-likeness (QED) is 0.471. The van der Waals surface area contributed by atoms with Crippen LogP contribution in [-0.4, -0.2) is 31.5 Å². The molecule has 0 spiro atoms. The number of rotatable bonds is 5. The van der Waals surface area contributed by atoms with Crippen LogP contribution in [0.3, 0.4) is 0 Å². The predicted octanol–water partition coefficient (Wildman–Crippen LogP) is 2.40. The van der Waals surface area contributed by atoms with Crippen molar-refractivity contribution in [1.29, 1.82) is 0 Å². The normalized spacial score (nSPS) is 15.6. The summed E-state index contributed by atoms with van der Waals surface area (Å²) in [6, 6.07) is 20.3. The Morgan fingerprint density at radius 2 is 1.79 bits per heavy atom. The van der Waals surface area contributed by atoms with E-state index in [1.165, 1.54) is 22.8 Å². The SMILES string of the molecule is Cn1c(=O)oc2cc(S(=O)(=O)N3CC(C(=O)NCc4ccccc4)Oc4ccccc43)ccc21. The summed E-state index contributed by atoms with van der Waals surface area (Å²) in [6.07, 6.45) is -1.05. The van der Waals surface area contributed by atoms with Gasteiger partial charge in [0, 0.05) is 19.7 Å². The van der Waals surface area contributed by atoms with Gasteiger partial charge in [-0.15, -0.1) is 0 Å². The first kappa shape index (κ1) is 21.8. The number of ether oxygens (including phenoxy) is 1. The number of amides is 1. The van der Waals surface area contributed by atoms with E-state index in [1.54, 1.807) is 31.3 Å². The van der Waals surface area contributed by atoms with E-state index >= 15 is 0 Å². The van der Waals surface area contributed by atoms with E-state index in [4.69, 9.17) is 9.15 Å². The third-order valence-corrected chi connectivity index (χ3v) is 7.46. The fourth-order valence-corrected chi connectivity index (χ4v) is 5.36. The Labute approximate surface area is 195 Å². The molecule has 1 aromatic heterocycles. The van der Waals surface area contributed by atoms with Crippen LogP contribution in [0.25, 0.3) is 11.1 Å². The maximum atomic E-state index is 13.6. The van der Waals surface area contributed by atoms with Gasteiger partial charge in [0.25, 0.3) is 15.9 Å². The Morgan fingerprint density at radius 1 is 1.06 bits per heavy atom. The number of fused-ring (bicyclic) bond motifs is 2. The van der Waals surface area contributed by atoms with Crippen molar-refractivity contribution in [3.05, 3.63) is 88.9 Å². The van der Waals surface area contributed by atoms with Gasteiger partial charge in [0.2, 0.25) is 0 Å². The number of aryl methyl sites for hydroxylation is 1. The smallest absolute Gasteiger partial charge is 0.419 e. The molecule has 10 heteroatoms. The Bertz CT molecular complexity index is 1540. The van der Waals surface area contributed by atoms with Crippen LogP contribution in [0.5, 0.6) is 5.75 Å². The molecule has 1 unspecified atom stereocenters. The van der Waals surface area contributed by atoms with E-state index in [2.05, 4.69) is 5.32 Å². The molecule has 2 heterocycles. The number of oxazole rings is 1. The monoisotopic (exact) mass is 479 g/mol. The molecule has 1 N–H and O–H groups in total. The summed E-state index contributed by atoms with van der Waals surface area (Å²) in [5, 5.41) is 2.81. The van der Waals surface area contributed by atoms with E-state index in [-0.39, 0.29) is 29.3 Å². The molecule has 0 saturated carbocycles. The Kier molecular flexibility index (Phi) is 5.37. The van der Waals surface area contributed by atoms with Crippen molar-refractivity contribution < 1.29 is 22.4 Å². The van der Waals surface area contributed by atoms with Crippen LogP contribution in [0.15, 0.2) is 86.9 Å². The highest BCUT2D eigenvalue weighted by atomic mass is 32.2. The van der Waals surface area contributed by atoms with Crippen molar-refractivity contribution in [2.75, 3.05) is 10.8 Å². The highest BCUT2D eigenvalue weighted by Gasteiger charge is 2.37. The number of carbonyl (C=O) groups excluding carboxylic acids is 1. The zero-order valence-corrected chi connectivity index (χ0v) is 19.0. The van der Waals surface area contributed by atoms with Crippen LogP contribution in [-0.2, 0) is 28.4 Å². The van der Waals surface area contributed by atoms with Crippen molar-refractivity contribution in [3.63, 3.8) is 0 Å². The van der Waals surface area contributed by atoms with Gasteiger partial charge in [-0.25, -0.2) is 13.2 Å². The number of anilines is 1. The molecular formula is C24H21N3O6S. The molecule has 9 nitrogen and oxygen atoms in total. The molecule has 5 rings (SSSR count). The lowest BCUT2D eigenvalue weighted by atomic mass is 10.2. The Hall–Kier alpha value is -4.05. The van der Waals surface area contributed by atoms with Gasteiger partial charge in [0.05, 0.1) is 22.6 Å². The third kappa shape index (κ3) is 3.81. The van der Waals surface area contributed by atoms with Crippen LogP contribution >= 0.6 is 0 Å². The first-order chi connectivity index (χ1) is 16.3. The molecule has 34 heavy (non-hydrogen) atoms. The van der Waals surface area contributed by atoms with Crippen molar-refractivity contribution >= 4 is 32.7 Å². The molecule has 3 aromatic carbocycles. The number of carbonyl (C=O) groups is 1. The number of para-hydroxylation sites is 2. The van der Waals surface area contributed by atoms with E-state index in [0.29, 0.717) is 11.2 Å². The first-order valence-corrected chi connectivity index (χ1v) is 12.0. The standard InChI is InChI=1S/C24H21N3O6S/c1-26-18-12-11-17(13-21(18)33-24(26)29)34(30,31)27-15-22(32-20-10-6-5-9-19(20)27)23(28)25-14-16-7-3-2-4-8-16/h2-13,22H,14-15H2,1H3,(H,25,28). The molecule has 0 fully saturated rings. The lowest BCUT2D eigenvalue weighted by Crippen LogP contribution is -2.50. The number of hydrogen-bond donors (Lipinski definition) is 1. The maximum absolute atomic E-state index is 13.6. The molecule has 1 aliphatic heterocycles. The van der Waals surface area contributed by atoms with E-state index < -0.39 is 27.8 Å². The minimum Gasteiger partial charge on any atom is -0.476 e. The zero-order chi connectivity index (χ0) is 23.9. The summed E-state index contributed by atoms with van der Waals surface area (Å²) >= 11 is 0. The minimum absolute atomic E-state index is 0.0607. The number of sulfonamides is 1. The van der Waals surface area contributed by atoms with Crippen molar-refractivity contribution in [2.45, 2.75) is 17.5 Å². The van der Waals surface area contributed by atoms with E-state index in [0.717, 1.165) is 9.87 Å². The van der Waals surface area contributed by atoms with E-state index in [1.807, 2.05) is 30.3 Å². The number of aromatic nitrogens is 1. The fraction of sp³-hybridized carbons (Fsp3) is 0.167. The summed E-state index contributed by atoms with van der Waals surface area (Å²) in [6.45, 7) is 0.0778. The van der Waals surface area contributed by atoms with Crippen LogP contribution in [0.1, 0.15) is 5.56 Å². The van der Waals surface area contributed by atoms with Crippen LogP contribution < -0.4 is 20.1 Å². The molecule has 0 aliphatic carbocycles. The molecule has 1 atom stereocenters. The molecule has 0 radical (unpaired) electrons. The maximum Gasteiger partial charge on any atom is 0.419 e. The number of benzene rings is 3. The van der Waals surface area contributed by atoms with Gasteiger partial charge in [-0.1, -0.05) is 42.5 Å². The summed E-state index contributed by atoms with van der Waals surface area (Å²) in [4.78, 5) is 24.7. The largest absolute Gasteiger partial charge is 0.476 e. The molecule has 0 saturated heterocycles. The predicted molar refractivity (Wildman–Crippen MR) is 125 cm³/mol. The van der Waals surface area contributed by atoms with Gasteiger partial charge in [0.1, 0.15) is 5.75 Å².